The van der Waals surface area contributed by atoms with E-state index in [4.69, 9.17) is 0 Å². The van der Waals surface area contributed by atoms with E-state index in [1.54, 1.807) is 28.2 Å². The van der Waals surface area contributed by atoms with Crippen LogP contribution in [0.4, 0.5) is 0 Å². The first-order valence-electron chi connectivity index (χ1n) is 7.71. The number of benzene rings is 2. The Hall–Kier alpha value is -1.59. The third-order valence-electron chi connectivity index (χ3n) is 4.48. The van der Waals surface area contributed by atoms with Crippen LogP contribution in [-0.2, 0) is 22.9 Å². The topological polar surface area (TPSA) is 39.1 Å². The Morgan fingerprint density at radius 3 is 2.39 bits per heavy atom. The van der Waals surface area contributed by atoms with Crippen LogP contribution in [0.25, 0.3) is 10.9 Å². The van der Waals surface area contributed by atoms with E-state index in [1.807, 2.05) is 24.3 Å². The smallest absolute Gasteiger partial charge is 0.238 e. The highest BCUT2D eigenvalue weighted by Crippen LogP contribution is 2.34. The van der Waals surface area contributed by atoms with E-state index in [0.29, 0.717) is 4.90 Å². The van der Waals surface area contributed by atoms with Gasteiger partial charge in [-0.15, -0.1) is 0 Å². The first-order valence-corrected chi connectivity index (χ1v) is 9.95. The molecule has 0 amide bonds. The average Bonchev–Trinajstić information content (AvgIpc) is 2.90. The molecule has 23 heavy (non-hydrogen) atoms. The van der Waals surface area contributed by atoms with E-state index >= 15 is 0 Å². The van der Waals surface area contributed by atoms with Gasteiger partial charge in [-0.1, -0.05) is 34.1 Å². The van der Waals surface area contributed by atoms with Crippen LogP contribution in [0, 0.1) is 0 Å². The molecule has 0 radical (unpaired) electrons. The van der Waals surface area contributed by atoms with Gasteiger partial charge < -0.3 is 0 Å². The van der Waals surface area contributed by atoms with Crippen molar-refractivity contribution < 1.29 is 8.42 Å². The lowest BCUT2D eigenvalue weighted by molar-refractivity contribution is 0.582. The molecule has 0 aliphatic heterocycles. The maximum absolute atomic E-state index is 13.2. The Balaban J connectivity index is 2.03. The van der Waals surface area contributed by atoms with Crippen LogP contribution in [0.15, 0.2) is 57.9 Å². The molecule has 0 spiro atoms. The van der Waals surface area contributed by atoms with E-state index in [2.05, 4.69) is 15.9 Å². The molecule has 118 valence electrons. The first kappa shape index (κ1) is 15.0. The van der Waals surface area contributed by atoms with Crippen molar-refractivity contribution in [1.29, 1.82) is 0 Å². The average molecular weight is 390 g/mol. The van der Waals surface area contributed by atoms with Crippen molar-refractivity contribution >= 4 is 36.9 Å². The Labute approximate surface area is 144 Å². The second-order valence-electron chi connectivity index (χ2n) is 5.87. The van der Waals surface area contributed by atoms with Gasteiger partial charge in [0.15, 0.2) is 0 Å². The number of fused-ring (bicyclic) bond motifs is 3. The van der Waals surface area contributed by atoms with Gasteiger partial charge in [0.1, 0.15) is 0 Å². The number of hydrogen-bond donors (Lipinski definition) is 0. The molecule has 0 bridgehead atoms. The largest absolute Gasteiger partial charge is 0.268 e. The van der Waals surface area contributed by atoms with Gasteiger partial charge in [-0.2, -0.15) is 0 Å². The second-order valence-corrected chi connectivity index (χ2v) is 8.58. The highest BCUT2D eigenvalue weighted by molar-refractivity contribution is 9.10. The molecular formula is C18H16BrNO2S. The van der Waals surface area contributed by atoms with Crippen molar-refractivity contribution in [2.24, 2.45) is 0 Å². The molecule has 5 heteroatoms. The number of halogens is 1. The predicted octanol–water partition coefficient (Wildman–Crippen LogP) is 4.52. The molecule has 1 aromatic heterocycles. The summed E-state index contributed by atoms with van der Waals surface area (Å²) >= 11 is 3.36. The van der Waals surface area contributed by atoms with E-state index < -0.39 is 10.0 Å². The van der Waals surface area contributed by atoms with Gasteiger partial charge in [0, 0.05) is 15.6 Å². The van der Waals surface area contributed by atoms with Gasteiger partial charge in [0.05, 0.1) is 10.4 Å². The van der Waals surface area contributed by atoms with Crippen LogP contribution in [0.1, 0.15) is 24.1 Å². The van der Waals surface area contributed by atoms with Crippen molar-refractivity contribution in [3.05, 3.63) is 64.3 Å². The normalized spacial score (nSPS) is 14.8. The zero-order chi connectivity index (χ0) is 16.0. The van der Waals surface area contributed by atoms with Crippen molar-refractivity contribution in [3.63, 3.8) is 0 Å². The summed E-state index contributed by atoms with van der Waals surface area (Å²) in [6.45, 7) is 0. The zero-order valence-electron chi connectivity index (χ0n) is 12.5. The van der Waals surface area contributed by atoms with Gasteiger partial charge in [0.25, 0.3) is 10.0 Å². The van der Waals surface area contributed by atoms with Gasteiger partial charge >= 0.3 is 0 Å². The Bertz CT molecular complexity index is 988. The molecule has 0 saturated heterocycles. The van der Waals surface area contributed by atoms with Crippen LogP contribution in [0.3, 0.4) is 0 Å². The molecule has 3 nitrogen and oxygen atoms in total. The van der Waals surface area contributed by atoms with Gasteiger partial charge in [-0.05, 0) is 61.6 Å². The number of aromatic nitrogens is 1. The summed E-state index contributed by atoms with van der Waals surface area (Å²) in [7, 11) is -3.58. The summed E-state index contributed by atoms with van der Waals surface area (Å²) in [4.78, 5) is 0.329. The molecule has 1 aliphatic rings. The van der Waals surface area contributed by atoms with Crippen LogP contribution in [0.2, 0.25) is 0 Å². The van der Waals surface area contributed by atoms with E-state index in [1.165, 1.54) is 5.56 Å². The quantitative estimate of drug-likeness (QED) is 0.646. The second kappa shape index (κ2) is 5.49. The van der Waals surface area contributed by atoms with Gasteiger partial charge in [0.2, 0.25) is 0 Å². The Morgan fingerprint density at radius 2 is 1.61 bits per heavy atom. The first-order chi connectivity index (χ1) is 11.1. The molecule has 0 fully saturated rings. The molecule has 1 aliphatic carbocycles. The number of nitrogens with zero attached hydrogens (tertiary/aromatic N) is 1. The van der Waals surface area contributed by atoms with E-state index in [-0.39, 0.29) is 0 Å². The lowest BCUT2D eigenvalue weighted by atomic mass is 9.96. The highest BCUT2D eigenvalue weighted by atomic mass is 79.9. The Kier molecular flexibility index (Phi) is 3.58. The summed E-state index contributed by atoms with van der Waals surface area (Å²) in [5.74, 6) is 0. The van der Waals surface area contributed by atoms with Crippen molar-refractivity contribution in [1.82, 2.24) is 3.97 Å². The maximum atomic E-state index is 13.2. The van der Waals surface area contributed by atoms with Crippen LogP contribution < -0.4 is 0 Å². The molecule has 0 atom stereocenters. The molecule has 3 aromatic rings. The predicted molar refractivity (Wildman–Crippen MR) is 95.3 cm³/mol. The lowest BCUT2D eigenvalue weighted by Gasteiger charge is -2.16. The summed E-state index contributed by atoms with van der Waals surface area (Å²) < 4.78 is 28.9. The zero-order valence-corrected chi connectivity index (χ0v) is 14.9. The van der Waals surface area contributed by atoms with Crippen molar-refractivity contribution in [3.8, 4) is 0 Å². The van der Waals surface area contributed by atoms with Crippen molar-refractivity contribution in [2.45, 2.75) is 30.6 Å². The van der Waals surface area contributed by atoms with E-state index in [9.17, 15) is 8.42 Å². The molecular weight excluding hydrogens is 374 g/mol. The van der Waals surface area contributed by atoms with Crippen LogP contribution in [-0.4, -0.2) is 12.4 Å². The fourth-order valence-corrected chi connectivity index (χ4v) is 5.31. The van der Waals surface area contributed by atoms with Gasteiger partial charge in [-0.25, -0.2) is 12.4 Å². The third kappa shape index (κ3) is 2.34. The number of hydrogen-bond acceptors (Lipinski definition) is 2. The summed E-state index contributed by atoms with van der Waals surface area (Å²) in [5, 5.41) is 1.07. The number of rotatable bonds is 2. The fourth-order valence-electron chi connectivity index (χ4n) is 3.44. The number of para-hydroxylation sites is 1. The van der Waals surface area contributed by atoms with Crippen LogP contribution >= 0.6 is 15.9 Å². The maximum Gasteiger partial charge on any atom is 0.268 e. The SMILES string of the molecule is O=S(=O)(c1ccc(Br)cc1)n1c2c(c3ccccc31)CCCC2. The monoisotopic (exact) mass is 389 g/mol. The molecule has 0 saturated carbocycles. The summed E-state index contributed by atoms with van der Waals surface area (Å²) in [6, 6.07) is 14.7. The molecule has 0 unspecified atom stereocenters. The minimum Gasteiger partial charge on any atom is -0.238 e. The lowest BCUT2D eigenvalue weighted by Crippen LogP contribution is -2.17. The third-order valence-corrected chi connectivity index (χ3v) is 6.78. The summed E-state index contributed by atoms with van der Waals surface area (Å²) in [6.07, 6.45) is 3.94. The molecule has 1 heterocycles. The Morgan fingerprint density at radius 1 is 0.913 bits per heavy atom. The minimum absolute atomic E-state index is 0.329. The van der Waals surface area contributed by atoms with Crippen LogP contribution in [0.5, 0.6) is 0 Å². The standard InChI is InChI=1S/C18H16BrNO2S/c19-13-9-11-14(12-10-13)23(21,22)20-17-7-3-1-5-15(17)16-6-2-4-8-18(16)20/h1,3,5,7,9-12H,2,4,6,8H2. The minimum atomic E-state index is -3.58. The number of aryl methyl sites for hydroxylation is 1. The van der Waals surface area contributed by atoms with E-state index in [0.717, 1.165) is 46.8 Å². The molecule has 0 N–H and O–H groups in total. The highest BCUT2D eigenvalue weighted by Gasteiger charge is 2.27. The molecule has 4 rings (SSSR count). The van der Waals surface area contributed by atoms with Gasteiger partial charge in [-0.3, -0.25) is 0 Å². The summed E-state index contributed by atoms with van der Waals surface area (Å²) in [5.41, 5.74) is 2.95. The van der Waals surface area contributed by atoms with Crippen molar-refractivity contribution in [2.75, 3.05) is 0 Å². The fraction of sp³-hybridized carbons (Fsp3) is 0.222. The molecule has 2 aromatic carbocycles.